The molecule has 102 valence electrons. The summed E-state index contributed by atoms with van der Waals surface area (Å²) in [7, 11) is 0. The average molecular weight is 249 g/mol. The van der Waals surface area contributed by atoms with Gasteiger partial charge in [0, 0.05) is 12.1 Å². The third kappa shape index (κ3) is 3.05. The lowest BCUT2D eigenvalue weighted by Crippen LogP contribution is -2.44. The Bertz CT molecular complexity index is 305. The van der Waals surface area contributed by atoms with E-state index in [1.54, 1.807) is 0 Å². The second-order valence-electron chi connectivity index (χ2n) is 5.99. The minimum atomic E-state index is -0.235. The molecule has 2 unspecified atom stereocenters. The lowest BCUT2D eigenvalue weighted by atomic mass is 9.99. The van der Waals surface area contributed by atoms with E-state index in [2.05, 4.69) is 30.1 Å². The van der Waals surface area contributed by atoms with Crippen molar-refractivity contribution in [2.24, 2.45) is 0 Å². The summed E-state index contributed by atoms with van der Waals surface area (Å²) in [6.07, 6.45) is 8.34. The highest BCUT2D eigenvalue weighted by atomic mass is 15.2. The summed E-state index contributed by atoms with van der Waals surface area (Å²) in [4.78, 5) is 2.69. The number of rotatable bonds is 7. The molecule has 0 aliphatic heterocycles. The van der Waals surface area contributed by atoms with E-state index in [1.165, 1.54) is 32.2 Å². The predicted molar refractivity (Wildman–Crippen MR) is 74.3 cm³/mol. The molecule has 0 amide bonds. The molecule has 0 bridgehead atoms. The van der Waals surface area contributed by atoms with E-state index in [9.17, 15) is 5.26 Å². The van der Waals surface area contributed by atoms with Crippen LogP contribution in [-0.4, -0.2) is 35.6 Å². The van der Waals surface area contributed by atoms with Crippen LogP contribution in [0.5, 0.6) is 0 Å². The molecule has 0 spiro atoms. The maximum atomic E-state index is 9.50. The Labute approximate surface area is 112 Å². The molecule has 3 nitrogen and oxygen atoms in total. The fourth-order valence-corrected chi connectivity index (χ4v) is 3.30. The van der Waals surface area contributed by atoms with Gasteiger partial charge in [-0.3, -0.25) is 10.2 Å². The van der Waals surface area contributed by atoms with Crippen LogP contribution in [0.3, 0.4) is 0 Å². The first-order valence-corrected chi connectivity index (χ1v) is 7.66. The van der Waals surface area contributed by atoms with Crippen LogP contribution >= 0.6 is 0 Å². The van der Waals surface area contributed by atoms with Crippen LogP contribution in [0.25, 0.3) is 0 Å². The highest BCUT2D eigenvalue weighted by Crippen LogP contribution is 2.38. The number of nitriles is 1. The Morgan fingerprint density at radius 2 is 2.00 bits per heavy atom. The lowest BCUT2D eigenvalue weighted by molar-refractivity contribution is 0.182. The molecule has 18 heavy (non-hydrogen) atoms. The summed E-state index contributed by atoms with van der Waals surface area (Å²) < 4.78 is 0. The van der Waals surface area contributed by atoms with Crippen molar-refractivity contribution < 1.29 is 0 Å². The fraction of sp³-hybridized carbons (Fsp3) is 0.933. The molecule has 0 saturated heterocycles. The number of hydrogen-bond acceptors (Lipinski definition) is 3. The molecule has 3 heteroatoms. The van der Waals surface area contributed by atoms with Gasteiger partial charge in [0.2, 0.25) is 0 Å². The molecule has 1 N–H and O–H groups in total. The van der Waals surface area contributed by atoms with Crippen molar-refractivity contribution >= 4 is 0 Å². The normalized spacial score (nSPS) is 31.8. The first kappa shape index (κ1) is 13.8. The van der Waals surface area contributed by atoms with Crippen molar-refractivity contribution in [2.45, 2.75) is 76.4 Å². The standard InChI is InChI=1S/C15H27N3/c1-3-9-17-15(12-16)8-7-14(11-15)18(10-4-2)13-5-6-13/h13-14,17H,3-11H2,1-2H3. The third-order valence-electron chi connectivity index (χ3n) is 4.38. The van der Waals surface area contributed by atoms with Crippen molar-refractivity contribution in [1.82, 2.24) is 10.2 Å². The largest absolute Gasteiger partial charge is 0.299 e. The van der Waals surface area contributed by atoms with Crippen molar-refractivity contribution in [2.75, 3.05) is 13.1 Å². The molecule has 2 atom stereocenters. The van der Waals surface area contributed by atoms with Crippen LogP contribution in [0.1, 0.15) is 58.8 Å². The molecular weight excluding hydrogens is 222 g/mol. The van der Waals surface area contributed by atoms with Gasteiger partial charge in [0.15, 0.2) is 0 Å². The molecule has 2 rings (SSSR count). The minimum Gasteiger partial charge on any atom is -0.299 e. The van der Waals surface area contributed by atoms with Gasteiger partial charge in [-0.25, -0.2) is 0 Å². The van der Waals surface area contributed by atoms with E-state index in [0.29, 0.717) is 6.04 Å². The van der Waals surface area contributed by atoms with Gasteiger partial charge in [-0.1, -0.05) is 13.8 Å². The van der Waals surface area contributed by atoms with Crippen LogP contribution in [0.2, 0.25) is 0 Å². The van der Waals surface area contributed by atoms with Gasteiger partial charge in [0.05, 0.1) is 6.07 Å². The Morgan fingerprint density at radius 1 is 1.22 bits per heavy atom. The summed E-state index contributed by atoms with van der Waals surface area (Å²) in [6, 6.07) is 4.03. The Kier molecular flexibility index (Phi) is 4.64. The van der Waals surface area contributed by atoms with Gasteiger partial charge in [-0.15, -0.1) is 0 Å². The maximum Gasteiger partial charge on any atom is 0.108 e. The van der Waals surface area contributed by atoms with Crippen LogP contribution < -0.4 is 5.32 Å². The highest BCUT2D eigenvalue weighted by molar-refractivity contribution is 5.14. The summed E-state index contributed by atoms with van der Waals surface area (Å²) in [5.41, 5.74) is -0.235. The zero-order valence-corrected chi connectivity index (χ0v) is 11.9. The summed E-state index contributed by atoms with van der Waals surface area (Å²) >= 11 is 0. The van der Waals surface area contributed by atoms with E-state index in [1.807, 2.05) is 0 Å². The molecule has 2 saturated carbocycles. The lowest BCUT2D eigenvalue weighted by Gasteiger charge is -2.30. The quantitative estimate of drug-likeness (QED) is 0.754. The SMILES string of the molecule is CCCNC1(C#N)CCC(N(CCC)C2CC2)C1. The molecule has 2 aliphatic rings. The summed E-state index contributed by atoms with van der Waals surface area (Å²) in [6.45, 7) is 6.61. The number of hydrogen-bond donors (Lipinski definition) is 1. The van der Waals surface area contributed by atoms with Gasteiger partial charge < -0.3 is 0 Å². The van der Waals surface area contributed by atoms with Crippen LogP contribution in [0, 0.1) is 11.3 Å². The molecule has 0 aromatic heterocycles. The first-order chi connectivity index (χ1) is 8.74. The molecule has 0 radical (unpaired) electrons. The van der Waals surface area contributed by atoms with E-state index in [-0.39, 0.29) is 5.54 Å². The minimum absolute atomic E-state index is 0.235. The van der Waals surface area contributed by atoms with E-state index < -0.39 is 0 Å². The van der Waals surface area contributed by atoms with Crippen LogP contribution in [0.15, 0.2) is 0 Å². The van der Waals surface area contributed by atoms with E-state index in [4.69, 9.17) is 0 Å². The van der Waals surface area contributed by atoms with Crippen molar-refractivity contribution in [3.05, 3.63) is 0 Å². The molecule has 0 aromatic carbocycles. The van der Waals surface area contributed by atoms with Crippen molar-refractivity contribution in [3.63, 3.8) is 0 Å². The Balaban J connectivity index is 1.94. The second-order valence-corrected chi connectivity index (χ2v) is 5.99. The monoisotopic (exact) mass is 249 g/mol. The summed E-state index contributed by atoms with van der Waals surface area (Å²) in [5, 5.41) is 13.0. The van der Waals surface area contributed by atoms with Gasteiger partial charge >= 0.3 is 0 Å². The van der Waals surface area contributed by atoms with Gasteiger partial charge in [0.1, 0.15) is 5.54 Å². The molecule has 0 aromatic rings. The second kappa shape index (κ2) is 6.04. The van der Waals surface area contributed by atoms with Gasteiger partial charge in [-0.2, -0.15) is 5.26 Å². The average Bonchev–Trinajstić information content (AvgIpc) is 3.14. The number of nitrogens with zero attached hydrogens (tertiary/aromatic N) is 2. The Morgan fingerprint density at radius 3 is 2.56 bits per heavy atom. The molecule has 2 aliphatic carbocycles. The summed E-state index contributed by atoms with van der Waals surface area (Å²) in [5.74, 6) is 0. The van der Waals surface area contributed by atoms with Crippen LogP contribution in [0.4, 0.5) is 0 Å². The topological polar surface area (TPSA) is 39.1 Å². The Hall–Kier alpha value is -0.590. The van der Waals surface area contributed by atoms with Crippen LogP contribution in [-0.2, 0) is 0 Å². The number of nitrogens with one attached hydrogen (secondary N) is 1. The maximum absolute atomic E-state index is 9.50. The highest BCUT2D eigenvalue weighted by Gasteiger charge is 2.44. The third-order valence-corrected chi connectivity index (χ3v) is 4.38. The molecular formula is C15H27N3. The van der Waals surface area contributed by atoms with E-state index in [0.717, 1.165) is 31.8 Å². The predicted octanol–water partition coefficient (Wildman–Crippen LogP) is 2.68. The van der Waals surface area contributed by atoms with E-state index >= 15 is 0 Å². The van der Waals surface area contributed by atoms with Gasteiger partial charge in [0.25, 0.3) is 0 Å². The zero-order valence-electron chi connectivity index (χ0n) is 11.9. The van der Waals surface area contributed by atoms with Gasteiger partial charge in [-0.05, 0) is 58.0 Å². The molecule has 0 heterocycles. The smallest absolute Gasteiger partial charge is 0.108 e. The van der Waals surface area contributed by atoms with Crippen molar-refractivity contribution in [3.8, 4) is 6.07 Å². The molecule has 2 fully saturated rings. The zero-order chi connectivity index (χ0) is 13.0. The van der Waals surface area contributed by atoms with Crippen molar-refractivity contribution in [1.29, 1.82) is 5.26 Å². The first-order valence-electron chi connectivity index (χ1n) is 7.66. The fourth-order valence-electron chi connectivity index (χ4n) is 3.30.